The van der Waals surface area contributed by atoms with E-state index in [0.717, 1.165) is 11.1 Å². The number of carbonyl (C=O) groups excluding carboxylic acids is 1. The monoisotopic (exact) mass is 296 g/mol. The van der Waals surface area contributed by atoms with Crippen LogP contribution in [0.5, 0.6) is 0 Å². The van der Waals surface area contributed by atoms with Gasteiger partial charge in [-0.3, -0.25) is 9.69 Å². The lowest BCUT2D eigenvalue weighted by Gasteiger charge is -2.36. The summed E-state index contributed by atoms with van der Waals surface area (Å²) in [6, 6.07) is 7.30. The fourth-order valence-electron chi connectivity index (χ4n) is 2.75. The normalized spacial score (nSPS) is 19.6. The van der Waals surface area contributed by atoms with Gasteiger partial charge < -0.3 is 4.90 Å². The Morgan fingerprint density at radius 3 is 2.33 bits per heavy atom. The van der Waals surface area contributed by atoms with Crippen molar-refractivity contribution in [3.63, 3.8) is 0 Å². The molecule has 1 aliphatic rings. The van der Waals surface area contributed by atoms with E-state index < -0.39 is 12.0 Å². The number of amides is 1. The number of piperidine rings is 1. The molecule has 0 unspecified atom stereocenters. The Hall–Kier alpha value is -1.49. The van der Waals surface area contributed by atoms with Gasteiger partial charge in [-0.05, 0) is 32.1 Å². The first-order chi connectivity index (χ1) is 9.82. The molecule has 116 valence electrons. The Bertz CT molecular complexity index is 507. The largest absolute Gasteiger partial charge is 0.341 e. The first-order valence-corrected chi connectivity index (χ1v) is 7.20. The summed E-state index contributed by atoms with van der Waals surface area (Å²) < 4.78 is 26.5. The van der Waals surface area contributed by atoms with Gasteiger partial charge in [0.2, 0.25) is 5.91 Å². The maximum Gasteiger partial charge on any atom is 0.251 e. The molecule has 1 aromatic carbocycles. The van der Waals surface area contributed by atoms with E-state index in [9.17, 15) is 13.6 Å². The first kappa shape index (κ1) is 15.9. The van der Waals surface area contributed by atoms with Crippen molar-refractivity contribution in [2.24, 2.45) is 0 Å². The Balaban J connectivity index is 2.20. The van der Waals surface area contributed by atoms with Crippen molar-refractivity contribution in [1.29, 1.82) is 0 Å². The van der Waals surface area contributed by atoms with Crippen LogP contribution in [0, 0.1) is 6.92 Å². The van der Waals surface area contributed by atoms with Gasteiger partial charge in [-0.2, -0.15) is 0 Å². The summed E-state index contributed by atoms with van der Waals surface area (Å²) in [6.07, 6.45) is -0.487. The van der Waals surface area contributed by atoms with E-state index in [2.05, 4.69) is 0 Å². The quantitative estimate of drug-likeness (QED) is 0.856. The van der Waals surface area contributed by atoms with Gasteiger partial charge in [0.15, 0.2) is 0 Å². The summed E-state index contributed by atoms with van der Waals surface area (Å²) in [6.45, 7) is 2.22. The molecule has 1 saturated heterocycles. The molecule has 0 radical (unpaired) electrons. The molecule has 21 heavy (non-hydrogen) atoms. The number of likely N-dealkylation sites (N-methyl/N-ethyl adjacent to an activating group) is 1. The number of benzene rings is 1. The Morgan fingerprint density at radius 1 is 1.24 bits per heavy atom. The van der Waals surface area contributed by atoms with Gasteiger partial charge in [0, 0.05) is 25.9 Å². The van der Waals surface area contributed by atoms with Crippen LogP contribution in [0.25, 0.3) is 0 Å². The Labute approximate surface area is 124 Å². The number of halogens is 2. The molecule has 1 fully saturated rings. The number of aryl methyl sites for hydroxylation is 1. The summed E-state index contributed by atoms with van der Waals surface area (Å²) in [5, 5.41) is 0. The molecule has 1 amide bonds. The highest BCUT2D eigenvalue weighted by Crippen LogP contribution is 2.30. The third-order valence-corrected chi connectivity index (χ3v) is 4.04. The zero-order valence-corrected chi connectivity index (χ0v) is 12.8. The van der Waals surface area contributed by atoms with Crippen LogP contribution in [0.3, 0.4) is 0 Å². The summed E-state index contributed by atoms with van der Waals surface area (Å²) in [5.74, 6) is -2.72. The van der Waals surface area contributed by atoms with Gasteiger partial charge in [-0.1, -0.05) is 24.3 Å². The standard InChI is InChI=1S/C16H22F2N2O/c1-12-6-4-5-7-13(12)14(19(2)3)15(21)20-10-8-16(17,18)9-11-20/h4-7,14H,8-11H2,1-3H3/t14-/m0/s1. The summed E-state index contributed by atoms with van der Waals surface area (Å²) in [5.41, 5.74) is 1.97. The van der Waals surface area contributed by atoms with E-state index in [0.29, 0.717) is 0 Å². The van der Waals surface area contributed by atoms with E-state index in [4.69, 9.17) is 0 Å². The minimum absolute atomic E-state index is 0.0928. The number of rotatable bonds is 3. The predicted octanol–water partition coefficient (Wildman–Crippen LogP) is 2.86. The van der Waals surface area contributed by atoms with Crippen molar-refractivity contribution < 1.29 is 13.6 Å². The van der Waals surface area contributed by atoms with Gasteiger partial charge in [0.25, 0.3) is 5.92 Å². The Kier molecular flexibility index (Phi) is 4.61. The SMILES string of the molecule is Cc1ccccc1[C@@H](C(=O)N1CCC(F)(F)CC1)N(C)C. The van der Waals surface area contributed by atoms with Gasteiger partial charge >= 0.3 is 0 Å². The molecule has 1 aliphatic heterocycles. The van der Waals surface area contributed by atoms with Crippen molar-refractivity contribution in [2.75, 3.05) is 27.2 Å². The van der Waals surface area contributed by atoms with Crippen LogP contribution < -0.4 is 0 Å². The topological polar surface area (TPSA) is 23.6 Å². The number of likely N-dealkylation sites (tertiary alicyclic amines) is 1. The van der Waals surface area contributed by atoms with Crippen LogP contribution in [0.2, 0.25) is 0 Å². The molecule has 3 nitrogen and oxygen atoms in total. The van der Waals surface area contributed by atoms with E-state index in [1.807, 2.05) is 50.2 Å². The molecule has 0 spiro atoms. The molecule has 0 bridgehead atoms. The van der Waals surface area contributed by atoms with Crippen molar-refractivity contribution in [3.8, 4) is 0 Å². The molecule has 5 heteroatoms. The Morgan fingerprint density at radius 2 is 1.81 bits per heavy atom. The minimum atomic E-state index is -2.63. The van der Waals surface area contributed by atoms with E-state index in [1.165, 1.54) is 0 Å². The third-order valence-electron chi connectivity index (χ3n) is 4.04. The molecule has 1 aromatic rings. The maximum atomic E-state index is 13.2. The van der Waals surface area contributed by atoms with Crippen molar-refractivity contribution in [3.05, 3.63) is 35.4 Å². The molecule has 2 rings (SSSR count). The van der Waals surface area contributed by atoms with Crippen LogP contribution in [0.4, 0.5) is 8.78 Å². The van der Waals surface area contributed by atoms with Gasteiger partial charge in [-0.25, -0.2) is 8.78 Å². The number of hydrogen-bond acceptors (Lipinski definition) is 2. The van der Waals surface area contributed by atoms with Gasteiger partial charge in [0.1, 0.15) is 6.04 Å². The second-order valence-electron chi connectivity index (χ2n) is 5.90. The zero-order valence-electron chi connectivity index (χ0n) is 12.8. The van der Waals surface area contributed by atoms with Crippen LogP contribution in [0.1, 0.15) is 30.0 Å². The van der Waals surface area contributed by atoms with Crippen LogP contribution >= 0.6 is 0 Å². The molecular formula is C16H22F2N2O. The number of alkyl halides is 2. The number of hydrogen-bond donors (Lipinski definition) is 0. The lowest BCUT2D eigenvalue weighted by Crippen LogP contribution is -2.47. The fourth-order valence-corrected chi connectivity index (χ4v) is 2.75. The van der Waals surface area contributed by atoms with Crippen molar-refractivity contribution in [1.82, 2.24) is 9.80 Å². The van der Waals surface area contributed by atoms with E-state index in [1.54, 1.807) is 4.90 Å². The zero-order chi connectivity index (χ0) is 15.6. The maximum absolute atomic E-state index is 13.2. The molecular weight excluding hydrogens is 274 g/mol. The second kappa shape index (κ2) is 6.10. The van der Waals surface area contributed by atoms with E-state index in [-0.39, 0.29) is 31.8 Å². The lowest BCUT2D eigenvalue weighted by molar-refractivity contribution is -0.142. The molecule has 0 saturated carbocycles. The molecule has 1 heterocycles. The van der Waals surface area contributed by atoms with Gasteiger partial charge in [0.05, 0.1) is 0 Å². The average molecular weight is 296 g/mol. The van der Waals surface area contributed by atoms with Crippen molar-refractivity contribution >= 4 is 5.91 Å². The smallest absolute Gasteiger partial charge is 0.251 e. The van der Waals surface area contributed by atoms with Crippen molar-refractivity contribution in [2.45, 2.75) is 31.7 Å². The van der Waals surface area contributed by atoms with Crippen LogP contribution in [0.15, 0.2) is 24.3 Å². The summed E-state index contributed by atoms with van der Waals surface area (Å²) in [4.78, 5) is 16.2. The lowest BCUT2D eigenvalue weighted by atomic mass is 9.98. The third kappa shape index (κ3) is 3.59. The predicted molar refractivity (Wildman–Crippen MR) is 78.4 cm³/mol. The van der Waals surface area contributed by atoms with Crippen LogP contribution in [-0.4, -0.2) is 48.8 Å². The molecule has 1 atom stereocenters. The highest BCUT2D eigenvalue weighted by atomic mass is 19.3. The summed E-state index contributed by atoms with van der Waals surface area (Å²) in [7, 11) is 3.68. The molecule has 0 aromatic heterocycles. The molecule has 0 aliphatic carbocycles. The van der Waals surface area contributed by atoms with Gasteiger partial charge in [-0.15, -0.1) is 0 Å². The average Bonchev–Trinajstić information content (AvgIpc) is 2.40. The summed E-state index contributed by atoms with van der Waals surface area (Å²) >= 11 is 0. The molecule has 0 N–H and O–H groups in total. The second-order valence-corrected chi connectivity index (χ2v) is 5.90. The first-order valence-electron chi connectivity index (χ1n) is 7.20. The number of nitrogens with zero attached hydrogens (tertiary/aromatic N) is 2. The van der Waals surface area contributed by atoms with E-state index >= 15 is 0 Å². The highest BCUT2D eigenvalue weighted by molar-refractivity contribution is 5.83. The fraction of sp³-hybridized carbons (Fsp3) is 0.562. The minimum Gasteiger partial charge on any atom is -0.341 e. The van der Waals surface area contributed by atoms with Crippen LogP contribution in [-0.2, 0) is 4.79 Å². The number of carbonyl (C=O) groups is 1. The highest BCUT2D eigenvalue weighted by Gasteiger charge is 2.38.